The van der Waals surface area contributed by atoms with Crippen LogP contribution in [0.4, 0.5) is 5.69 Å². The Morgan fingerprint density at radius 1 is 1.08 bits per heavy atom. The van der Waals surface area contributed by atoms with Gasteiger partial charge in [-0.3, -0.25) is 4.79 Å². The number of aromatic nitrogens is 2. The van der Waals surface area contributed by atoms with E-state index in [1.165, 1.54) is 0 Å². The molecule has 0 aliphatic heterocycles. The Bertz CT molecular complexity index is 896. The number of halogens is 1. The Balaban J connectivity index is 1.91. The Kier molecular flexibility index (Phi) is 4.72. The monoisotopic (exact) mass is 399 g/mol. The first-order valence-electron chi connectivity index (χ1n) is 7.85. The summed E-state index contributed by atoms with van der Waals surface area (Å²) in [6, 6.07) is 14.6. The first-order chi connectivity index (χ1) is 11.8. The highest BCUT2D eigenvalue weighted by atomic mass is 79.9. The molecule has 1 heterocycles. The molecule has 128 valence electrons. The van der Waals surface area contributed by atoms with E-state index >= 15 is 0 Å². The summed E-state index contributed by atoms with van der Waals surface area (Å²) in [5.41, 5.74) is 1.58. The molecule has 0 fully saturated rings. The van der Waals surface area contributed by atoms with Crippen molar-refractivity contribution in [2.75, 3.05) is 5.32 Å². The van der Waals surface area contributed by atoms with Crippen LogP contribution < -0.4 is 5.32 Å². The van der Waals surface area contributed by atoms with E-state index in [1.807, 2.05) is 51.1 Å². The molecule has 5 nitrogen and oxygen atoms in total. The summed E-state index contributed by atoms with van der Waals surface area (Å²) in [6.07, 6.45) is 0. The maximum atomic E-state index is 12.7. The Labute approximate surface area is 154 Å². The number of hydrogen-bond acceptors (Lipinski definition) is 4. The van der Waals surface area contributed by atoms with E-state index < -0.39 is 0 Å². The van der Waals surface area contributed by atoms with Crippen molar-refractivity contribution in [3.8, 4) is 11.5 Å². The van der Waals surface area contributed by atoms with Gasteiger partial charge in [-0.2, -0.15) is 4.98 Å². The van der Waals surface area contributed by atoms with Crippen LogP contribution in [0.25, 0.3) is 11.5 Å². The lowest BCUT2D eigenvalue weighted by Crippen LogP contribution is -2.14. The van der Waals surface area contributed by atoms with Crippen LogP contribution in [0, 0.1) is 0 Å². The standard InChI is InChI=1S/C19H18BrN3O2/c1-19(2,3)18-22-17(25-23-18)15-7-5-4-6-14(15)16(24)21-13-10-8-12(20)9-11-13/h4-11H,1-3H3,(H,21,24). The summed E-state index contributed by atoms with van der Waals surface area (Å²) in [4.78, 5) is 17.1. The molecule has 25 heavy (non-hydrogen) atoms. The fourth-order valence-electron chi connectivity index (χ4n) is 2.24. The Morgan fingerprint density at radius 2 is 1.76 bits per heavy atom. The summed E-state index contributed by atoms with van der Waals surface area (Å²) >= 11 is 3.38. The molecule has 1 amide bonds. The Hall–Kier alpha value is -2.47. The second-order valence-corrected chi connectivity index (χ2v) is 7.60. The van der Waals surface area contributed by atoms with Crippen molar-refractivity contribution in [2.24, 2.45) is 0 Å². The fraction of sp³-hybridized carbons (Fsp3) is 0.211. The number of nitrogens with zero attached hydrogens (tertiary/aromatic N) is 2. The predicted molar refractivity (Wildman–Crippen MR) is 101 cm³/mol. The smallest absolute Gasteiger partial charge is 0.258 e. The van der Waals surface area contributed by atoms with Crippen LogP contribution in [0.15, 0.2) is 57.5 Å². The lowest BCUT2D eigenvalue weighted by Gasteiger charge is -2.11. The van der Waals surface area contributed by atoms with Crippen LogP contribution in [-0.2, 0) is 5.41 Å². The molecule has 0 aliphatic rings. The number of carbonyl (C=O) groups excluding carboxylic acids is 1. The SMILES string of the molecule is CC(C)(C)c1noc(-c2ccccc2C(=O)Nc2ccc(Br)cc2)n1. The third kappa shape index (κ3) is 3.96. The number of rotatable bonds is 3. The van der Waals surface area contributed by atoms with Crippen molar-refractivity contribution in [3.05, 3.63) is 64.4 Å². The normalized spacial score (nSPS) is 11.4. The predicted octanol–water partition coefficient (Wildman–Crippen LogP) is 5.05. The highest BCUT2D eigenvalue weighted by Crippen LogP contribution is 2.26. The van der Waals surface area contributed by atoms with E-state index in [9.17, 15) is 4.79 Å². The van der Waals surface area contributed by atoms with Crippen molar-refractivity contribution >= 4 is 27.5 Å². The highest BCUT2D eigenvalue weighted by molar-refractivity contribution is 9.10. The molecule has 3 rings (SSSR count). The zero-order chi connectivity index (χ0) is 18.0. The van der Waals surface area contributed by atoms with Gasteiger partial charge in [-0.05, 0) is 36.4 Å². The van der Waals surface area contributed by atoms with Gasteiger partial charge in [0.05, 0.1) is 11.1 Å². The minimum atomic E-state index is -0.228. The zero-order valence-corrected chi connectivity index (χ0v) is 15.8. The number of amides is 1. The molecular formula is C19H18BrN3O2. The molecule has 0 atom stereocenters. The first kappa shape index (κ1) is 17.4. The van der Waals surface area contributed by atoms with Crippen molar-refractivity contribution < 1.29 is 9.32 Å². The van der Waals surface area contributed by atoms with Gasteiger partial charge < -0.3 is 9.84 Å². The van der Waals surface area contributed by atoms with Gasteiger partial charge in [0.2, 0.25) is 0 Å². The summed E-state index contributed by atoms with van der Waals surface area (Å²) in [6.45, 7) is 6.02. The summed E-state index contributed by atoms with van der Waals surface area (Å²) in [7, 11) is 0. The van der Waals surface area contributed by atoms with Gasteiger partial charge in [-0.1, -0.05) is 54.0 Å². The molecule has 0 spiro atoms. The second-order valence-electron chi connectivity index (χ2n) is 6.68. The quantitative estimate of drug-likeness (QED) is 0.668. The molecule has 0 aliphatic carbocycles. The van der Waals surface area contributed by atoms with E-state index in [4.69, 9.17) is 4.52 Å². The number of nitrogens with one attached hydrogen (secondary N) is 1. The van der Waals surface area contributed by atoms with Gasteiger partial charge in [0.15, 0.2) is 5.82 Å². The van der Waals surface area contributed by atoms with Crippen LogP contribution in [-0.4, -0.2) is 16.0 Å². The third-order valence-corrected chi connectivity index (χ3v) is 4.13. The minimum absolute atomic E-state index is 0.226. The van der Waals surface area contributed by atoms with Gasteiger partial charge in [0.1, 0.15) is 0 Å². The van der Waals surface area contributed by atoms with Gasteiger partial charge in [0, 0.05) is 15.6 Å². The van der Waals surface area contributed by atoms with E-state index in [-0.39, 0.29) is 11.3 Å². The van der Waals surface area contributed by atoms with Crippen molar-refractivity contribution in [3.63, 3.8) is 0 Å². The van der Waals surface area contributed by atoms with Gasteiger partial charge in [0.25, 0.3) is 11.8 Å². The summed E-state index contributed by atoms with van der Waals surface area (Å²) in [5, 5.41) is 6.92. The number of carbonyl (C=O) groups is 1. The number of anilines is 1. The molecule has 6 heteroatoms. The maximum absolute atomic E-state index is 12.7. The fourth-order valence-corrected chi connectivity index (χ4v) is 2.50. The topological polar surface area (TPSA) is 68.0 Å². The third-order valence-electron chi connectivity index (χ3n) is 3.60. The largest absolute Gasteiger partial charge is 0.334 e. The maximum Gasteiger partial charge on any atom is 0.258 e. The van der Waals surface area contributed by atoms with Crippen molar-refractivity contribution in [2.45, 2.75) is 26.2 Å². The zero-order valence-electron chi connectivity index (χ0n) is 14.2. The minimum Gasteiger partial charge on any atom is -0.334 e. The molecule has 0 saturated carbocycles. The molecule has 0 radical (unpaired) electrons. The van der Waals surface area contributed by atoms with E-state index in [1.54, 1.807) is 18.2 Å². The van der Waals surface area contributed by atoms with Gasteiger partial charge in [-0.15, -0.1) is 0 Å². The molecule has 3 aromatic rings. The van der Waals surface area contributed by atoms with Crippen LogP contribution in [0.2, 0.25) is 0 Å². The molecule has 0 saturated heterocycles. The summed E-state index contributed by atoms with van der Waals surface area (Å²) < 4.78 is 6.34. The molecular weight excluding hydrogens is 382 g/mol. The molecule has 1 N–H and O–H groups in total. The van der Waals surface area contributed by atoms with Gasteiger partial charge in [-0.25, -0.2) is 0 Å². The lowest BCUT2D eigenvalue weighted by molar-refractivity contribution is 0.102. The van der Waals surface area contributed by atoms with Crippen LogP contribution in [0.3, 0.4) is 0 Å². The van der Waals surface area contributed by atoms with Crippen LogP contribution in [0.5, 0.6) is 0 Å². The van der Waals surface area contributed by atoms with Crippen molar-refractivity contribution in [1.29, 1.82) is 0 Å². The van der Waals surface area contributed by atoms with Gasteiger partial charge >= 0.3 is 0 Å². The van der Waals surface area contributed by atoms with Crippen molar-refractivity contribution in [1.82, 2.24) is 10.1 Å². The molecule has 0 unspecified atom stereocenters. The molecule has 1 aromatic heterocycles. The summed E-state index contributed by atoms with van der Waals surface area (Å²) in [5.74, 6) is 0.713. The van der Waals surface area contributed by atoms with E-state index in [2.05, 4.69) is 31.4 Å². The number of benzene rings is 2. The average Bonchev–Trinajstić information content (AvgIpc) is 3.07. The van der Waals surface area contributed by atoms with E-state index in [0.717, 1.165) is 4.47 Å². The van der Waals surface area contributed by atoms with E-state index in [0.29, 0.717) is 28.5 Å². The van der Waals surface area contributed by atoms with Crippen LogP contribution in [0.1, 0.15) is 37.0 Å². The molecule has 2 aromatic carbocycles. The Morgan fingerprint density at radius 3 is 2.40 bits per heavy atom. The second kappa shape index (κ2) is 6.80. The first-order valence-corrected chi connectivity index (χ1v) is 8.64. The lowest BCUT2D eigenvalue weighted by atomic mass is 9.96. The van der Waals surface area contributed by atoms with Crippen LogP contribution >= 0.6 is 15.9 Å². The molecule has 0 bridgehead atoms. The number of hydrogen-bond donors (Lipinski definition) is 1. The average molecular weight is 400 g/mol. The highest BCUT2D eigenvalue weighted by Gasteiger charge is 2.23.